The van der Waals surface area contributed by atoms with Gasteiger partial charge >= 0.3 is 0 Å². The summed E-state index contributed by atoms with van der Waals surface area (Å²) in [5.41, 5.74) is 2.36. The molecule has 1 saturated heterocycles. The van der Waals surface area contributed by atoms with Gasteiger partial charge < -0.3 is 9.47 Å². The fraction of sp³-hybridized carbons (Fsp3) is 0.500. The fourth-order valence-corrected chi connectivity index (χ4v) is 4.31. The smallest absolute Gasteiger partial charge is 0.155 e. The van der Waals surface area contributed by atoms with Crippen LogP contribution < -0.4 is 0 Å². The van der Waals surface area contributed by atoms with Crippen LogP contribution in [0.5, 0.6) is 0 Å². The standard InChI is InChI=1S/C20H27N5/c1-15-10-16(2)13-24(12-15)7-3-8-25-9-6-17-4-5-18(11-19(17)25)20-21-14-22-23-20/h4-6,9,11,14-16H,3,7-8,10,12-13H2,1-2H3,(H,21,22,23). The Bertz CT molecular complexity index is 810. The predicted molar refractivity (Wildman–Crippen MR) is 101 cm³/mol. The van der Waals surface area contributed by atoms with Gasteiger partial charge in [-0.3, -0.25) is 5.10 Å². The van der Waals surface area contributed by atoms with Crippen molar-refractivity contribution in [2.24, 2.45) is 11.8 Å². The lowest BCUT2D eigenvalue weighted by Gasteiger charge is -2.35. The molecule has 1 aromatic carbocycles. The molecule has 2 atom stereocenters. The van der Waals surface area contributed by atoms with Gasteiger partial charge in [0.25, 0.3) is 0 Å². The molecule has 0 radical (unpaired) electrons. The number of aromatic nitrogens is 4. The van der Waals surface area contributed by atoms with Crippen LogP contribution >= 0.6 is 0 Å². The first-order valence-electron chi connectivity index (χ1n) is 9.36. The number of aryl methyl sites for hydroxylation is 1. The molecule has 25 heavy (non-hydrogen) atoms. The number of H-pyrrole nitrogens is 1. The van der Waals surface area contributed by atoms with Crippen LogP contribution in [0.2, 0.25) is 0 Å². The predicted octanol–water partition coefficient (Wildman–Crippen LogP) is 3.79. The summed E-state index contributed by atoms with van der Waals surface area (Å²) in [5.74, 6) is 2.49. The third-order valence-electron chi connectivity index (χ3n) is 5.28. The molecule has 2 aromatic heterocycles. The van der Waals surface area contributed by atoms with Crippen molar-refractivity contribution in [1.29, 1.82) is 0 Å². The molecule has 0 saturated carbocycles. The largest absolute Gasteiger partial charge is 0.347 e. The first-order valence-corrected chi connectivity index (χ1v) is 9.36. The van der Waals surface area contributed by atoms with Gasteiger partial charge in [-0.2, -0.15) is 5.10 Å². The number of aromatic amines is 1. The number of hydrogen-bond donors (Lipinski definition) is 1. The van der Waals surface area contributed by atoms with Crippen LogP contribution in [0.1, 0.15) is 26.7 Å². The van der Waals surface area contributed by atoms with E-state index in [2.05, 4.69) is 69.0 Å². The van der Waals surface area contributed by atoms with Crippen molar-refractivity contribution in [3.05, 3.63) is 36.8 Å². The van der Waals surface area contributed by atoms with Crippen LogP contribution in [0.4, 0.5) is 0 Å². The molecule has 2 unspecified atom stereocenters. The molecule has 1 aliphatic rings. The first-order chi connectivity index (χ1) is 12.2. The van der Waals surface area contributed by atoms with E-state index in [0.717, 1.165) is 29.8 Å². The molecule has 5 heteroatoms. The number of nitrogens with one attached hydrogen (secondary N) is 1. The second kappa shape index (κ2) is 7.00. The number of nitrogens with zero attached hydrogens (tertiary/aromatic N) is 4. The summed E-state index contributed by atoms with van der Waals surface area (Å²) < 4.78 is 2.37. The first kappa shape index (κ1) is 16.3. The molecule has 3 heterocycles. The van der Waals surface area contributed by atoms with E-state index in [1.165, 1.54) is 43.4 Å². The second-order valence-electron chi connectivity index (χ2n) is 7.68. The maximum atomic E-state index is 4.26. The van der Waals surface area contributed by atoms with E-state index in [1.807, 2.05) is 0 Å². The van der Waals surface area contributed by atoms with Crippen molar-refractivity contribution >= 4 is 10.9 Å². The third kappa shape index (κ3) is 3.61. The Labute approximate surface area is 149 Å². The highest BCUT2D eigenvalue weighted by Crippen LogP contribution is 2.24. The van der Waals surface area contributed by atoms with Gasteiger partial charge in [0.05, 0.1) is 0 Å². The van der Waals surface area contributed by atoms with Crippen molar-refractivity contribution in [2.45, 2.75) is 33.2 Å². The second-order valence-corrected chi connectivity index (χ2v) is 7.68. The Morgan fingerprint density at radius 2 is 1.96 bits per heavy atom. The Kier molecular flexibility index (Phi) is 4.57. The maximum absolute atomic E-state index is 4.26. The average molecular weight is 337 g/mol. The summed E-state index contributed by atoms with van der Waals surface area (Å²) >= 11 is 0. The number of benzene rings is 1. The summed E-state index contributed by atoms with van der Waals surface area (Å²) in [5, 5.41) is 8.18. The lowest BCUT2D eigenvalue weighted by molar-refractivity contribution is 0.138. The fourth-order valence-electron chi connectivity index (χ4n) is 4.31. The molecule has 0 amide bonds. The molecule has 4 rings (SSSR count). The molecule has 1 aliphatic heterocycles. The van der Waals surface area contributed by atoms with Crippen LogP contribution in [0.3, 0.4) is 0 Å². The molecule has 0 spiro atoms. The molecule has 0 bridgehead atoms. The minimum atomic E-state index is 0.825. The molecular weight excluding hydrogens is 310 g/mol. The van der Waals surface area contributed by atoms with Crippen molar-refractivity contribution < 1.29 is 0 Å². The quantitative estimate of drug-likeness (QED) is 0.770. The van der Waals surface area contributed by atoms with E-state index in [0.29, 0.717) is 0 Å². The minimum Gasteiger partial charge on any atom is -0.347 e. The van der Waals surface area contributed by atoms with Gasteiger partial charge in [0.15, 0.2) is 5.82 Å². The zero-order chi connectivity index (χ0) is 17.2. The summed E-state index contributed by atoms with van der Waals surface area (Å²) in [7, 11) is 0. The van der Waals surface area contributed by atoms with Gasteiger partial charge in [0, 0.05) is 36.9 Å². The topological polar surface area (TPSA) is 49.7 Å². The van der Waals surface area contributed by atoms with Crippen LogP contribution in [-0.4, -0.2) is 44.3 Å². The van der Waals surface area contributed by atoms with E-state index in [4.69, 9.17) is 0 Å². The highest BCUT2D eigenvalue weighted by atomic mass is 15.2. The molecule has 1 fully saturated rings. The Morgan fingerprint density at radius 1 is 1.12 bits per heavy atom. The minimum absolute atomic E-state index is 0.825. The SMILES string of the molecule is CC1CC(C)CN(CCCn2ccc3ccc(-c4ncn[nH]4)cc32)C1. The molecule has 5 nitrogen and oxygen atoms in total. The van der Waals surface area contributed by atoms with E-state index in [9.17, 15) is 0 Å². The van der Waals surface area contributed by atoms with E-state index in [1.54, 1.807) is 6.33 Å². The molecule has 3 aromatic rings. The van der Waals surface area contributed by atoms with Crippen LogP contribution in [-0.2, 0) is 6.54 Å². The Morgan fingerprint density at radius 3 is 2.72 bits per heavy atom. The Balaban J connectivity index is 1.44. The van der Waals surface area contributed by atoms with Crippen molar-refractivity contribution in [3.63, 3.8) is 0 Å². The monoisotopic (exact) mass is 337 g/mol. The highest BCUT2D eigenvalue weighted by molar-refractivity contribution is 5.84. The van der Waals surface area contributed by atoms with Crippen molar-refractivity contribution in [1.82, 2.24) is 24.6 Å². The number of rotatable bonds is 5. The van der Waals surface area contributed by atoms with Gasteiger partial charge in [0.1, 0.15) is 6.33 Å². The summed E-state index contributed by atoms with van der Waals surface area (Å²) in [6.45, 7) is 9.53. The highest BCUT2D eigenvalue weighted by Gasteiger charge is 2.21. The normalized spacial score (nSPS) is 21.8. The van der Waals surface area contributed by atoms with Gasteiger partial charge in [-0.15, -0.1) is 0 Å². The number of fused-ring (bicyclic) bond motifs is 1. The zero-order valence-corrected chi connectivity index (χ0v) is 15.2. The zero-order valence-electron chi connectivity index (χ0n) is 15.2. The van der Waals surface area contributed by atoms with E-state index < -0.39 is 0 Å². The summed E-state index contributed by atoms with van der Waals surface area (Å²) in [6.07, 6.45) is 6.33. The van der Waals surface area contributed by atoms with Crippen molar-refractivity contribution in [3.8, 4) is 11.4 Å². The molecule has 132 valence electrons. The molecule has 1 N–H and O–H groups in total. The van der Waals surface area contributed by atoms with Gasteiger partial charge in [-0.05, 0) is 48.7 Å². The lowest BCUT2D eigenvalue weighted by Crippen LogP contribution is -2.39. The number of piperidine rings is 1. The van der Waals surface area contributed by atoms with Crippen LogP contribution in [0, 0.1) is 11.8 Å². The van der Waals surface area contributed by atoms with Crippen LogP contribution in [0.25, 0.3) is 22.3 Å². The summed E-state index contributed by atoms with van der Waals surface area (Å²) in [6, 6.07) is 8.67. The van der Waals surface area contributed by atoms with E-state index in [-0.39, 0.29) is 0 Å². The van der Waals surface area contributed by atoms with Crippen molar-refractivity contribution in [2.75, 3.05) is 19.6 Å². The van der Waals surface area contributed by atoms with Gasteiger partial charge in [-0.25, -0.2) is 4.98 Å². The van der Waals surface area contributed by atoms with Gasteiger partial charge in [-0.1, -0.05) is 26.0 Å². The van der Waals surface area contributed by atoms with Gasteiger partial charge in [0.2, 0.25) is 0 Å². The number of hydrogen-bond acceptors (Lipinski definition) is 3. The third-order valence-corrected chi connectivity index (χ3v) is 5.28. The number of likely N-dealkylation sites (tertiary alicyclic amines) is 1. The molecule has 0 aliphatic carbocycles. The maximum Gasteiger partial charge on any atom is 0.155 e. The van der Waals surface area contributed by atoms with Crippen LogP contribution in [0.15, 0.2) is 36.8 Å². The summed E-state index contributed by atoms with van der Waals surface area (Å²) in [4.78, 5) is 6.91. The average Bonchev–Trinajstić information content (AvgIpc) is 3.23. The Hall–Kier alpha value is -2.14. The van der Waals surface area contributed by atoms with E-state index >= 15 is 0 Å². The lowest BCUT2D eigenvalue weighted by atomic mass is 9.92. The molecular formula is C20H27N5.